The lowest BCUT2D eigenvalue weighted by Gasteiger charge is -2.21. The third-order valence-corrected chi connectivity index (χ3v) is 5.61. The van der Waals surface area contributed by atoms with E-state index in [9.17, 15) is 8.42 Å². The maximum Gasteiger partial charge on any atom is 0.244 e. The molecule has 0 bridgehead atoms. The molecule has 0 atom stereocenters. The molecule has 0 saturated carbocycles. The summed E-state index contributed by atoms with van der Waals surface area (Å²) in [5.41, 5.74) is 0. The summed E-state index contributed by atoms with van der Waals surface area (Å²) >= 11 is 0. The van der Waals surface area contributed by atoms with Crippen LogP contribution in [0, 0.1) is 0 Å². The fourth-order valence-electron chi connectivity index (χ4n) is 2.50. The minimum absolute atomic E-state index is 0.0738. The molecule has 26 heavy (non-hydrogen) atoms. The van der Waals surface area contributed by atoms with Crippen LogP contribution in [-0.4, -0.2) is 26.9 Å². The van der Waals surface area contributed by atoms with Crippen molar-refractivity contribution >= 4 is 10.0 Å². The molecule has 3 aromatic rings. The molecule has 2 heterocycles. The normalized spacial score (nSPS) is 11.7. The number of methoxy groups -OCH3 is 2. The van der Waals surface area contributed by atoms with Gasteiger partial charge in [-0.15, -0.1) is 0 Å². The Morgan fingerprint density at radius 3 is 1.92 bits per heavy atom. The molecule has 3 rings (SSSR count). The predicted molar refractivity (Wildman–Crippen MR) is 93.4 cm³/mol. The Balaban J connectivity index is 1.97. The molecular formula is C18H19NO6S. The van der Waals surface area contributed by atoms with Crippen molar-refractivity contribution in [3.05, 3.63) is 66.5 Å². The monoisotopic (exact) mass is 377 g/mol. The van der Waals surface area contributed by atoms with Crippen LogP contribution in [-0.2, 0) is 23.1 Å². The second-order valence-electron chi connectivity index (χ2n) is 5.45. The molecule has 0 radical (unpaired) electrons. The fraction of sp³-hybridized carbons (Fsp3) is 0.222. The number of ether oxygens (including phenoxy) is 2. The number of hydrogen-bond donors (Lipinski definition) is 0. The van der Waals surface area contributed by atoms with Crippen molar-refractivity contribution in [2.75, 3.05) is 14.2 Å². The molecule has 0 unspecified atom stereocenters. The lowest BCUT2D eigenvalue weighted by molar-refractivity contribution is 0.329. The van der Waals surface area contributed by atoms with Gasteiger partial charge >= 0.3 is 0 Å². The van der Waals surface area contributed by atoms with E-state index in [0.717, 1.165) is 0 Å². The number of rotatable bonds is 8. The zero-order valence-corrected chi connectivity index (χ0v) is 15.2. The summed E-state index contributed by atoms with van der Waals surface area (Å²) in [5, 5.41) is 0. The van der Waals surface area contributed by atoms with Gasteiger partial charge in [-0.25, -0.2) is 8.42 Å². The van der Waals surface area contributed by atoms with Gasteiger partial charge in [0.15, 0.2) is 11.5 Å². The van der Waals surface area contributed by atoms with Crippen molar-refractivity contribution in [1.29, 1.82) is 0 Å². The van der Waals surface area contributed by atoms with Crippen molar-refractivity contribution in [2.45, 2.75) is 18.0 Å². The summed E-state index contributed by atoms with van der Waals surface area (Å²) in [6.45, 7) is 0.148. The molecule has 0 N–H and O–H groups in total. The first-order valence-electron chi connectivity index (χ1n) is 7.81. The summed E-state index contributed by atoms with van der Waals surface area (Å²) in [5.74, 6) is 1.85. The van der Waals surface area contributed by atoms with Gasteiger partial charge < -0.3 is 18.3 Å². The maximum atomic E-state index is 13.2. The highest BCUT2D eigenvalue weighted by atomic mass is 32.2. The van der Waals surface area contributed by atoms with Gasteiger partial charge in [0.05, 0.1) is 44.7 Å². The number of sulfonamides is 1. The van der Waals surface area contributed by atoms with Gasteiger partial charge in [0.1, 0.15) is 11.5 Å². The lowest BCUT2D eigenvalue weighted by Crippen LogP contribution is -2.30. The minimum Gasteiger partial charge on any atom is -0.493 e. The van der Waals surface area contributed by atoms with E-state index in [2.05, 4.69) is 0 Å². The van der Waals surface area contributed by atoms with E-state index in [-0.39, 0.29) is 18.0 Å². The molecule has 0 aliphatic rings. The summed E-state index contributed by atoms with van der Waals surface area (Å²) in [4.78, 5) is 0.0910. The van der Waals surface area contributed by atoms with E-state index in [1.54, 1.807) is 30.3 Å². The van der Waals surface area contributed by atoms with Gasteiger partial charge in [0, 0.05) is 6.07 Å². The molecule has 7 nitrogen and oxygen atoms in total. The summed E-state index contributed by atoms with van der Waals surface area (Å²) in [6, 6.07) is 11.3. The molecule has 0 fully saturated rings. The Kier molecular flexibility index (Phi) is 5.34. The Labute approximate surface area is 151 Å². The molecule has 0 spiro atoms. The number of hydrogen-bond acceptors (Lipinski definition) is 6. The Bertz CT molecular complexity index is 896. The second kappa shape index (κ2) is 7.67. The Morgan fingerprint density at radius 2 is 1.46 bits per heavy atom. The number of nitrogens with zero attached hydrogens (tertiary/aromatic N) is 1. The lowest BCUT2D eigenvalue weighted by atomic mass is 10.3. The standard InChI is InChI=1S/C18H19NO6S/c1-22-17-8-7-16(11-18(17)23-2)26(20,21)19(12-14-5-3-9-24-14)13-15-6-4-10-25-15/h3-11H,12-13H2,1-2H3. The van der Waals surface area contributed by atoms with Crippen LogP contribution in [0.3, 0.4) is 0 Å². The largest absolute Gasteiger partial charge is 0.493 e. The molecule has 0 aliphatic heterocycles. The van der Waals surface area contributed by atoms with Crippen molar-refractivity contribution in [1.82, 2.24) is 4.31 Å². The molecular weight excluding hydrogens is 358 g/mol. The molecule has 2 aromatic heterocycles. The summed E-state index contributed by atoms with van der Waals surface area (Å²) < 4.78 is 48.7. The fourth-order valence-corrected chi connectivity index (χ4v) is 3.89. The third-order valence-electron chi connectivity index (χ3n) is 3.82. The molecule has 8 heteroatoms. The van der Waals surface area contributed by atoms with Crippen LogP contribution in [0.4, 0.5) is 0 Å². The first-order valence-corrected chi connectivity index (χ1v) is 9.25. The van der Waals surface area contributed by atoms with Gasteiger partial charge in [-0.3, -0.25) is 0 Å². The average Bonchev–Trinajstić information content (AvgIpc) is 3.34. The maximum absolute atomic E-state index is 13.2. The molecule has 0 amide bonds. The quantitative estimate of drug-likeness (QED) is 0.599. The molecule has 0 aliphatic carbocycles. The highest BCUT2D eigenvalue weighted by molar-refractivity contribution is 7.89. The van der Waals surface area contributed by atoms with E-state index in [1.807, 2.05) is 0 Å². The zero-order valence-electron chi connectivity index (χ0n) is 14.4. The van der Waals surface area contributed by atoms with E-state index < -0.39 is 10.0 Å². The van der Waals surface area contributed by atoms with Crippen LogP contribution in [0.2, 0.25) is 0 Å². The summed E-state index contributed by atoms with van der Waals surface area (Å²) in [6.07, 6.45) is 3.01. The predicted octanol–water partition coefficient (Wildman–Crippen LogP) is 3.28. The molecule has 0 saturated heterocycles. The Morgan fingerprint density at radius 1 is 0.885 bits per heavy atom. The highest BCUT2D eigenvalue weighted by Crippen LogP contribution is 2.31. The van der Waals surface area contributed by atoms with Crippen LogP contribution < -0.4 is 9.47 Å². The third kappa shape index (κ3) is 3.76. The van der Waals surface area contributed by atoms with Crippen LogP contribution in [0.1, 0.15) is 11.5 Å². The average molecular weight is 377 g/mol. The molecule has 138 valence electrons. The van der Waals surface area contributed by atoms with Crippen LogP contribution in [0.15, 0.2) is 68.7 Å². The van der Waals surface area contributed by atoms with E-state index in [1.165, 1.54) is 43.2 Å². The second-order valence-corrected chi connectivity index (χ2v) is 7.39. The van der Waals surface area contributed by atoms with Crippen molar-refractivity contribution in [3.63, 3.8) is 0 Å². The van der Waals surface area contributed by atoms with E-state index >= 15 is 0 Å². The summed E-state index contributed by atoms with van der Waals surface area (Å²) in [7, 11) is -0.885. The van der Waals surface area contributed by atoms with E-state index in [0.29, 0.717) is 23.0 Å². The first-order chi connectivity index (χ1) is 12.5. The Hall–Kier alpha value is -2.71. The van der Waals surface area contributed by atoms with Crippen LogP contribution >= 0.6 is 0 Å². The van der Waals surface area contributed by atoms with Crippen molar-refractivity contribution < 1.29 is 26.7 Å². The van der Waals surface area contributed by atoms with Crippen molar-refractivity contribution in [2.24, 2.45) is 0 Å². The van der Waals surface area contributed by atoms with Crippen LogP contribution in [0.25, 0.3) is 0 Å². The SMILES string of the molecule is COc1ccc(S(=O)(=O)N(Cc2ccco2)Cc2ccco2)cc1OC. The van der Waals surface area contributed by atoms with E-state index in [4.69, 9.17) is 18.3 Å². The van der Waals surface area contributed by atoms with Gasteiger partial charge in [-0.2, -0.15) is 4.31 Å². The number of furan rings is 2. The van der Waals surface area contributed by atoms with Gasteiger partial charge in [-0.1, -0.05) is 0 Å². The zero-order chi connectivity index (χ0) is 18.6. The van der Waals surface area contributed by atoms with Crippen LogP contribution in [0.5, 0.6) is 11.5 Å². The van der Waals surface area contributed by atoms with Gasteiger partial charge in [-0.05, 0) is 36.4 Å². The van der Waals surface area contributed by atoms with Crippen molar-refractivity contribution in [3.8, 4) is 11.5 Å². The number of benzene rings is 1. The van der Waals surface area contributed by atoms with Gasteiger partial charge in [0.2, 0.25) is 10.0 Å². The topological polar surface area (TPSA) is 82.1 Å². The van der Waals surface area contributed by atoms with Gasteiger partial charge in [0.25, 0.3) is 0 Å². The highest BCUT2D eigenvalue weighted by Gasteiger charge is 2.27. The smallest absolute Gasteiger partial charge is 0.244 e. The minimum atomic E-state index is -3.83. The molecule has 1 aromatic carbocycles. The first kappa shape index (κ1) is 18.1.